The van der Waals surface area contributed by atoms with Crippen LogP contribution in [-0.2, 0) is 17.4 Å². The van der Waals surface area contributed by atoms with Crippen LogP contribution in [0.25, 0.3) is 11.0 Å². The van der Waals surface area contributed by atoms with Gasteiger partial charge in [0.15, 0.2) is 12.3 Å². The van der Waals surface area contributed by atoms with Gasteiger partial charge in [0.2, 0.25) is 5.88 Å². The van der Waals surface area contributed by atoms with Crippen molar-refractivity contribution in [2.75, 3.05) is 6.61 Å². The van der Waals surface area contributed by atoms with Crippen molar-refractivity contribution in [1.29, 1.82) is 0 Å². The van der Waals surface area contributed by atoms with Gasteiger partial charge in [-0.1, -0.05) is 28.1 Å². The summed E-state index contributed by atoms with van der Waals surface area (Å²) in [4.78, 5) is 17.0. The smallest absolute Gasteiger partial charge is 0.258 e. The van der Waals surface area contributed by atoms with Crippen molar-refractivity contribution < 1.29 is 9.53 Å². The fraction of sp³-hybridized carbons (Fsp3) is 0.350. The minimum Gasteiger partial charge on any atom is -0.466 e. The van der Waals surface area contributed by atoms with Gasteiger partial charge in [0, 0.05) is 17.2 Å². The second-order valence-corrected chi connectivity index (χ2v) is 8.05. The molecule has 0 bridgehead atoms. The van der Waals surface area contributed by atoms with Crippen LogP contribution in [0.3, 0.4) is 0 Å². The Bertz CT molecular complexity index is 1020. The van der Waals surface area contributed by atoms with Crippen LogP contribution in [0.4, 0.5) is 0 Å². The van der Waals surface area contributed by atoms with Gasteiger partial charge in [-0.05, 0) is 56.0 Å². The molecule has 6 nitrogen and oxygen atoms in total. The van der Waals surface area contributed by atoms with Crippen LogP contribution >= 0.6 is 15.9 Å². The highest BCUT2D eigenvalue weighted by Crippen LogP contribution is 2.45. The van der Waals surface area contributed by atoms with Crippen LogP contribution in [0.2, 0.25) is 0 Å². The first-order chi connectivity index (χ1) is 12.9. The maximum Gasteiger partial charge on any atom is 0.258 e. The molecule has 2 aromatic heterocycles. The average Bonchev–Trinajstić information content (AvgIpc) is 3.32. The summed E-state index contributed by atoms with van der Waals surface area (Å²) in [5, 5.41) is 8.36. The molecule has 27 heavy (non-hydrogen) atoms. The van der Waals surface area contributed by atoms with E-state index in [-0.39, 0.29) is 18.1 Å². The van der Waals surface area contributed by atoms with Gasteiger partial charge in [0.25, 0.3) is 5.91 Å². The largest absolute Gasteiger partial charge is 0.466 e. The van der Waals surface area contributed by atoms with Gasteiger partial charge in [0.1, 0.15) is 0 Å². The topological polar surface area (TPSA) is 69.0 Å². The molecule has 1 saturated carbocycles. The van der Waals surface area contributed by atoms with E-state index >= 15 is 0 Å². The molecule has 1 fully saturated rings. The van der Waals surface area contributed by atoms with Gasteiger partial charge in [0.05, 0.1) is 10.9 Å². The van der Waals surface area contributed by atoms with Crippen LogP contribution < -0.4 is 10.1 Å². The molecule has 0 atom stereocenters. The van der Waals surface area contributed by atoms with E-state index in [1.165, 1.54) is 0 Å². The highest BCUT2D eigenvalue weighted by Gasteiger charge is 2.45. The monoisotopic (exact) mass is 428 g/mol. The normalized spacial score (nSPS) is 15.0. The SMILES string of the molecule is Cc1cc(C)c2c(OCC(=O)NC3(c4ccc(Br)cc4)CC3)nn(C)c2n1. The van der Waals surface area contributed by atoms with Crippen molar-refractivity contribution in [1.82, 2.24) is 20.1 Å². The lowest BCUT2D eigenvalue weighted by molar-refractivity contribution is -0.124. The zero-order valence-electron chi connectivity index (χ0n) is 15.5. The van der Waals surface area contributed by atoms with E-state index in [0.29, 0.717) is 5.88 Å². The van der Waals surface area contributed by atoms with Crippen molar-refractivity contribution in [2.24, 2.45) is 7.05 Å². The number of hydrogen-bond donors (Lipinski definition) is 1. The summed E-state index contributed by atoms with van der Waals surface area (Å²) in [5.74, 6) is 0.299. The molecule has 7 heteroatoms. The zero-order valence-corrected chi connectivity index (χ0v) is 17.1. The number of benzene rings is 1. The van der Waals surface area contributed by atoms with Crippen molar-refractivity contribution in [3.8, 4) is 5.88 Å². The van der Waals surface area contributed by atoms with Gasteiger partial charge in [-0.15, -0.1) is 5.10 Å². The number of rotatable bonds is 5. The number of aryl methyl sites for hydroxylation is 3. The zero-order chi connectivity index (χ0) is 19.2. The molecule has 140 valence electrons. The van der Waals surface area contributed by atoms with Gasteiger partial charge in [-0.2, -0.15) is 0 Å². The lowest BCUT2D eigenvalue weighted by Crippen LogP contribution is -2.38. The van der Waals surface area contributed by atoms with E-state index in [1.54, 1.807) is 4.68 Å². The molecule has 0 saturated heterocycles. The molecule has 1 amide bonds. The first-order valence-corrected chi connectivity index (χ1v) is 9.68. The van der Waals surface area contributed by atoms with E-state index in [1.807, 2.05) is 51.2 Å². The van der Waals surface area contributed by atoms with Crippen LogP contribution in [0.1, 0.15) is 29.7 Å². The summed E-state index contributed by atoms with van der Waals surface area (Å²) in [5.41, 5.74) is 3.59. The minimum absolute atomic E-state index is 0.0717. The molecule has 0 unspecified atom stereocenters. The number of amides is 1. The number of carbonyl (C=O) groups excluding carboxylic acids is 1. The minimum atomic E-state index is -0.262. The Morgan fingerprint density at radius 1 is 1.30 bits per heavy atom. The Balaban J connectivity index is 1.47. The highest BCUT2D eigenvalue weighted by molar-refractivity contribution is 9.10. The molecular weight excluding hydrogens is 408 g/mol. The predicted molar refractivity (Wildman–Crippen MR) is 107 cm³/mol. The maximum atomic E-state index is 12.5. The quantitative estimate of drug-likeness (QED) is 0.674. The van der Waals surface area contributed by atoms with E-state index in [9.17, 15) is 4.79 Å². The van der Waals surface area contributed by atoms with Crippen LogP contribution in [0.5, 0.6) is 5.88 Å². The van der Waals surface area contributed by atoms with Crippen molar-refractivity contribution in [3.63, 3.8) is 0 Å². The summed E-state index contributed by atoms with van der Waals surface area (Å²) in [6.45, 7) is 3.88. The number of fused-ring (bicyclic) bond motifs is 1. The highest BCUT2D eigenvalue weighted by atomic mass is 79.9. The fourth-order valence-electron chi connectivity index (χ4n) is 3.47. The summed E-state index contributed by atoms with van der Waals surface area (Å²) in [6.07, 6.45) is 1.88. The molecular formula is C20H21BrN4O2. The molecule has 0 radical (unpaired) electrons. The molecule has 1 aliphatic rings. The van der Waals surface area contributed by atoms with Gasteiger partial charge in [-0.25, -0.2) is 9.67 Å². The Labute approximate surface area is 166 Å². The Morgan fingerprint density at radius 3 is 2.67 bits per heavy atom. The second-order valence-electron chi connectivity index (χ2n) is 7.13. The molecule has 1 N–H and O–H groups in total. The number of aromatic nitrogens is 3. The third-order valence-electron chi connectivity index (χ3n) is 4.95. The summed E-state index contributed by atoms with van der Waals surface area (Å²) >= 11 is 3.44. The maximum absolute atomic E-state index is 12.5. The van der Waals surface area contributed by atoms with Gasteiger partial charge >= 0.3 is 0 Å². The van der Waals surface area contributed by atoms with Crippen molar-refractivity contribution >= 4 is 32.9 Å². The molecule has 1 aliphatic carbocycles. The third-order valence-corrected chi connectivity index (χ3v) is 5.48. The molecule has 2 heterocycles. The second kappa shape index (κ2) is 6.64. The lowest BCUT2D eigenvalue weighted by atomic mass is 10.1. The standard InChI is InChI=1S/C20H21BrN4O2/c1-12-10-13(2)22-18-17(12)19(24-25(18)3)27-11-16(26)23-20(8-9-20)14-4-6-15(21)7-5-14/h4-7,10H,8-9,11H2,1-3H3,(H,23,26). The van der Waals surface area contributed by atoms with Crippen LogP contribution in [-0.4, -0.2) is 27.3 Å². The third kappa shape index (κ3) is 3.43. The first kappa shape index (κ1) is 18.0. The molecule has 3 aromatic rings. The number of carbonyl (C=O) groups is 1. The number of nitrogens with zero attached hydrogens (tertiary/aromatic N) is 3. The molecule has 0 aliphatic heterocycles. The van der Waals surface area contributed by atoms with Gasteiger partial charge in [-0.3, -0.25) is 4.79 Å². The summed E-state index contributed by atoms with van der Waals surface area (Å²) in [6, 6.07) is 10.1. The molecule has 1 aromatic carbocycles. The first-order valence-electron chi connectivity index (χ1n) is 8.89. The van der Waals surface area contributed by atoms with E-state index in [2.05, 4.69) is 31.3 Å². The predicted octanol–water partition coefficient (Wildman–Crippen LogP) is 3.53. The summed E-state index contributed by atoms with van der Waals surface area (Å²) < 4.78 is 8.47. The van der Waals surface area contributed by atoms with Gasteiger partial charge < -0.3 is 10.1 Å². The summed E-state index contributed by atoms with van der Waals surface area (Å²) in [7, 11) is 1.83. The van der Waals surface area contributed by atoms with E-state index < -0.39 is 0 Å². The Hall–Kier alpha value is -2.41. The van der Waals surface area contributed by atoms with E-state index in [4.69, 9.17) is 4.74 Å². The lowest BCUT2D eigenvalue weighted by Gasteiger charge is -2.18. The van der Waals surface area contributed by atoms with Crippen molar-refractivity contribution in [2.45, 2.75) is 32.2 Å². The molecule has 0 spiro atoms. The van der Waals surface area contributed by atoms with E-state index in [0.717, 1.165) is 45.2 Å². The fourth-order valence-corrected chi connectivity index (χ4v) is 3.73. The Kier molecular flexibility index (Phi) is 4.42. The number of pyridine rings is 1. The number of hydrogen-bond acceptors (Lipinski definition) is 4. The number of ether oxygens (including phenoxy) is 1. The van der Waals surface area contributed by atoms with Crippen LogP contribution in [0, 0.1) is 13.8 Å². The molecule has 4 rings (SSSR count). The van der Waals surface area contributed by atoms with Crippen LogP contribution in [0.15, 0.2) is 34.8 Å². The number of nitrogens with one attached hydrogen (secondary N) is 1. The number of halogens is 1. The Morgan fingerprint density at radius 2 is 2.00 bits per heavy atom. The average molecular weight is 429 g/mol. The van der Waals surface area contributed by atoms with Crippen molar-refractivity contribution in [3.05, 3.63) is 51.6 Å².